The van der Waals surface area contributed by atoms with Crippen LogP contribution in [0.1, 0.15) is 25.0 Å². The Bertz CT molecular complexity index is 3480. The van der Waals surface area contributed by atoms with Gasteiger partial charge in [-0.3, -0.25) is 0 Å². The van der Waals surface area contributed by atoms with Crippen LogP contribution in [0.4, 0.5) is 0 Å². The highest BCUT2D eigenvalue weighted by Gasteiger charge is 2.35. The Labute approximate surface area is 359 Å². The van der Waals surface area contributed by atoms with Gasteiger partial charge in [0.05, 0.1) is 0 Å². The summed E-state index contributed by atoms with van der Waals surface area (Å²) in [5.74, 6) is 0. The second-order valence-corrected chi connectivity index (χ2v) is 16.5. The first-order valence-electron chi connectivity index (χ1n) is 19.8. The van der Waals surface area contributed by atoms with Crippen LogP contribution in [-0.2, 0) is 5.41 Å². The number of furan rings is 1. The van der Waals surface area contributed by atoms with Gasteiger partial charge in [-0.15, -0.1) is 21.9 Å². The van der Waals surface area contributed by atoms with Crippen LogP contribution >= 0.6 is 0 Å². The minimum absolute atomic E-state index is 0.117. The Hall–Kier alpha value is -5.92. The highest BCUT2D eigenvalue weighted by Crippen LogP contribution is 2.50. The monoisotopic (exact) mass is 742 g/mol. The highest BCUT2D eigenvalue weighted by molar-refractivity contribution is 6.71. The summed E-state index contributed by atoms with van der Waals surface area (Å²) in [4.78, 5) is 0. The molecule has 260 valence electrons. The van der Waals surface area contributed by atoms with Crippen molar-refractivity contribution in [1.82, 2.24) is 0 Å². The van der Waals surface area contributed by atoms with Gasteiger partial charge in [0.25, 0.3) is 0 Å². The van der Waals surface area contributed by atoms with E-state index in [0.29, 0.717) is 32.7 Å². The van der Waals surface area contributed by atoms with Crippen molar-refractivity contribution < 1.29 is 4.42 Å². The molecule has 0 atom stereocenters. The largest absolute Gasteiger partial charge is 0.455 e. The topological polar surface area (TPSA) is 13.1 Å². The van der Waals surface area contributed by atoms with E-state index in [0.717, 1.165) is 55.0 Å². The molecule has 0 fully saturated rings. The number of hydrogen-bond acceptors (Lipinski definition) is 1. The van der Waals surface area contributed by atoms with E-state index in [1.54, 1.807) is 0 Å². The van der Waals surface area contributed by atoms with Crippen LogP contribution < -0.4 is 43.7 Å². The molecular weight excluding hydrogens is 715 g/mol. The van der Waals surface area contributed by atoms with E-state index in [4.69, 9.17) is 67.2 Å². The molecule has 9 heteroatoms. The standard InChI is InChI=1S/C51H26B8O/c1-51(2)33-13-6-5-12-29(33)31-21-25(15-18-34(31)51)24-9-7-10-26(20-24)36-38-40(44(54)48(58)46(56)42(38)52)37(41-39(36)43(53)47(57)49(59)45(41)55)27-16-19-35-32(22-27)30-17-14-23-8-3-4-11-28(23)50(30)60-35/h3-22H,1-2H3. The molecule has 16 radical (unpaired) electrons. The third-order valence-corrected chi connectivity index (χ3v) is 13.0. The van der Waals surface area contributed by atoms with Crippen molar-refractivity contribution in [2.24, 2.45) is 0 Å². The lowest BCUT2D eigenvalue weighted by Gasteiger charge is -2.28. The normalized spacial score (nSPS) is 13.2. The second kappa shape index (κ2) is 13.0. The van der Waals surface area contributed by atoms with Crippen molar-refractivity contribution in [1.29, 1.82) is 0 Å². The van der Waals surface area contributed by atoms with Crippen molar-refractivity contribution in [3.8, 4) is 44.5 Å². The first-order valence-corrected chi connectivity index (χ1v) is 19.8. The van der Waals surface area contributed by atoms with E-state index in [2.05, 4.69) is 98.8 Å². The van der Waals surface area contributed by atoms with Crippen molar-refractivity contribution in [2.45, 2.75) is 19.3 Å². The Morgan fingerprint density at radius 1 is 0.383 bits per heavy atom. The minimum atomic E-state index is -0.117. The SMILES string of the molecule is [B]c1c([B])c([B])c2c(-c3ccc4oc5c6ccccc6ccc5c4c3)c3c([B])c([B])c([B])c([B])c3c(-c3cccc(-c4ccc5c(c4)-c4ccccc4C5(C)C)c3)c2c1[B]. The summed E-state index contributed by atoms with van der Waals surface area (Å²) in [6.45, 7) is 4.55. The third kappa shape index (κ3) is 4.99. The van der Waals surface area contributed by atoms with E-state index in [-0.39, 0.29) is 49.1 Å². The zero-order valence-electron chi connectivity index (χ0n) is 33.1. The molecule has 1 nitrogen and oxygen atoms in total. The maximum absolute atomic E-state index is 7.10. The average molecular weight is 741 g/mol. The molecule has 1 aromatic heterocycles. The molecule has 0 N–H and O–H groups in total. The van der Waals surface area contributed by atoms with Gasteiger partial charge in [0.15, 0.2) is 0 Å². The van der Waals surface area contributed by atoms with E-state index in [1.807, 2.05) is 36.4 Å². The molecular formula is C51H26B8O. The van der Waals surface area contributed by atoms with Gasteiger partial charge in [0.2, 0.25) is 0 Å². The van der Waals surface area contributed by atoms with Crippen molar-refractivity contribution in [2.75, 3.05) is 0 Å². The summed E-state index contributed by atoms with van der Waals surface area (Å²) in [6, 6.07) is 41.9. The summed E-state index contributed by atoms with van der Waals surface area (Å²) in [7, 11) is 55.2. The summed E-state index contributed by atoms with van der Waals surface area (Å²) >= 11 is 0. The highest BCUT2D eigenvalue weighted by atomic mass is 16.3. The van der Waals surface area contributed by atoms with Gasteiger partial charge in [0, 0.05) is 21.6 Å². The molecule has 0 unspecified atom stereocenters. The minimum Gasteiger partial charge on any atom is -0.455 e. The lowest BCUT2D eigenvalue weighted by molar-refractivity contribution is 0.660. The maximum atomic E-state index is 7.10. The third-order valence-electron chi connectivity index (χ3n) is 13.0. The van der Waals surface area contributed by atoms with E-state index in [1.165, 1.54) is 22.3 Å². The quantitative estimate of drug-likeness (QED) is 0.189. The Morgan fingerprint density at radius 2 is 0.917 bits per heavy atom. The molecule has 1 heterocycles. The van der Waals surface area contributed by atoms with Crippen molar-refractivity contribution in [3.05, 3.63) is 132 Å². The predicted octanol–water partition coefficient (Wildman–Crippen LogP) is 4.70. The molecule has 10 aromatic rings. The fourth-order valence-electron chi connectivity index (χ4n) is 9.94. The van der Waals surface area contributed by atoms with Gasteiger partial charge in [-0.1, -0.05) is 127 Å². The van der Waals surface area contributed by atoms with Crippen LogP contribution in [0.15, 0.2) is 126 Å². The first-order chi connectivity index (χ1) is 28.9. The van der Waals surface area contributed by atoms with Crippen LogP contribution in [0.25, 0.3) is 98.8 Å². The molecule has 0 aliphatic heterocycles. The van der Waals surface area contributed by atoms with Gasteiger partial charge in [-0.05, 0) is 113 Å². The molecule has 0 saturated heterocycles. The molecule has 0 saturated carbocycles. The second-order valence-electron chi connectivity index (χ2n) is 16.5. The number of hydrogen-bond donors (Lipinski definition) is 0. The smallest absolute Gasteiger partial charge is 0.143 e. The van der Waals surface area contributed by atoms with Crippen LogP contribution in [0.3, 0.4) is 0 Å². The summed E-state index contributed by atoms with van der Waals surface area (Å²) in [5, 5.41) is 6.23. The molecule has 0 amide bonds. The zero-order chi connectivity index (χ0) is 41.5. The lowest BCUT2D eigenvalue weighted by Crippen LogP contribution is -2.50. The Morgan fingerprint density at radius 3 is 1.58 bits per heavy atom. The zero-order valence-corrected chi connectivity index (χ0v) is 33.1. The molecule has 9 aromatic carbocycles. The van der Waals surface area contributed by atoms with Crippen LogP contribution in [0.5, 0.6) is 0 Å². The summed E-state index contributed by atoms with van der Waals surface area (Å²) in [6.07, 6.45) is 0. The van der Waals surface area contributed by atoms with Crippen molar-refractivity contribution in [3.63, 3.8) is 0 Å². The van der Waals surface area contributed by atoms with Gasteiger partial charge < -0.3 is 4.42 Å². The maximum Gasteiger partial charge on any atom is 0.143 e. The van der Waals surface area contributed by atoms with Crippen LogP contribution in [-0.4, -0.2) is 62.8 Å². The van der Waals surface area contributed by atoms with Gasteiger partial charge >= 0.3 is 0 Å². The molecule has 0 spiro atoms. The number of benzene rings is 9. The van der Waals surface area contributed by atoms with Gasteiger partial charge in [-0.25, -0.2) is 0 Å². The van der Waals surface area contributed by atoms with Crippen molar-refractivity contribution >= 4 is 161 Å². The molecule has 1 aliphatic rings. The predicted molar refractivity (Wildman–Crippen MR) is 263 cm³/mol. The number of rotatable bonds is 3. The average Bonchev–Trinajstić information content (AvgIpc) is 3.76. The first kappa shape index (κ1) is 37.1. The summed E-state index contributed by atoms with van der Waals surface area (Å²) < 4.78 is 6.50. The van der Waals surface area contributed by atoms with E-state index >= 15 is 0 Å². The lowest BCUT2D eigenvalue weighted by atomic mass is 9.59. The van der Waals surface area contributed by atoms with Gasteiger partial charge in [-0.2, -0.15) is 0 Å². The number of fused-ring (bicyclic) bond motifs is 10. The fourth-order valence-corrected chi connectivity index (χ4v) is 9.94. The molecule has 11 rings (SSSR count). The molecule has 1 aliphatic carbocycles. The summed E-state index contributed by atoms with van der Waals surface area (Å²) in [5.41, 5.74) is 13.0. The fraction of sp³-hybridized carbons (Fsp3) is 0.0588. The van der Waals surface area contributed by atoms with Gasteiger partial charge in [0.1, 0.15) is 73.9 Å². The van der Waals surface area contributed by atoms with Crippen LogP contribution in [0.2, 0.25) is 0 Å². The Kier molecular flexibility index (Phi) is 8.06. The molecule has 60 heavy (non-hydrogen) atoms. The van der Waals surface area contributed by atoms with Crippen LogP contribution in [0, 0.1) is 0 Å². The van der Waals surface area contributed by atoms with E-state index in [9.17, 15) is 0 Å². The van der Waals surface area contributed by atoms with E-state index < -0.39 is 0 Å². The Balaban J connectivity index is 1.24. The molecule has 0 bridgehead atoms.